The van der Waals surface area contributed by atoms with Gasteiger partial charge in [-0.3, -0.25) is 4.79 Å². The Labute approximate surface area is 206 Å². The van der Waals surface area contributed by atoms with Crippen molar-refractivity contribution in [2.24, 2.45) is 0 Å². The Hall–Kier alpha value is -4.45. The Morgan fingerprint density at radius 2 is 1.20 bits per heavy atom. The lowest BCUT2D eigenvalue weighted by Gasteiger charge is -2.17. The summed E-state index contributed by atoms with van der Waals surface area (Å²) in [5.74, 6) is 1.35. The van der Waals surface area contributed by atoms with Crippen LogP contribution in [0.25, 0.3) is 11.4 Å². The van der Waals surface area contributed by atoms with Crippen LogP contribution in [0.1, 0.15) is 21.5 Å². The van der Waals surface area contributed by atoms with E-state index in [4.69, 9.17) is 9.97 Å². The molecule has 0 spiro atoms. The first-order chi connectivity index (χ1) is 17.1. The van der Waals surface area contributed by atoms with Crippen LogP contribution >= 0.6 is 0 Å². The van der Waals surface area contributed by atoms with Gasteiger partial charge in [-0.05, 0) is 11.1 Å². The van der Waals surface area contributed by atoms with Crippen LogP contribution in [0.5, 0.6) is 0 Å². The molecule has 3 aromatic carbocycles. The first-order valence-electron chi connectivity index (χ1n) is 11.5. The van der Waals surface area contributed by atoms with Crippen molar-refractivity contribution in [3.05, 3.63) is 120 Å². The minimum atomic E-state index is -0.176. The van der Waals surface area contributed by atoms with Gasteiger partial charge in [0.05, 0.1) is 0 Å². The second kappa shape index (κ2) is 11.6. The van der Waals surface area contributed by atoms with Gasteiger partial charge in [-0.15, -0.1) is 0 Å². The summed E-state index contributed by atoms with van der Waals surface area (Å²) in [7, 11) is 3.75. The molecule has 0 radical (unpaired) electrons. The fourth-order valence-corrected chi connectivity index (χ4v) is 3.53. The van der Waals surface area contributed by atoms with Crippen LogP contribution in [0, 0.1) is 0 Å². The zero-order valence-electron chi connectivity index (χ0n) is 20.0. The fraction of sp³-hybridized carbons (Fsp3) is 0.138. The number of nitrogens with zero attached hydrogens (tertiary/aromatic N) is 3. The van der Waals surface area contributed by atoms with Crippen molar-refractivity contribution in [3.8, 4) is 11.4 Å². The van der Waals surface area contributed by atoms with Gasteiger partial charge in [-0.25, -0.2) is 9.97 Å². The monoisotopic (exact) mass is 463 g/mol. The number of ketones is 1. The van der Waals surface area contributed by atoms with E-state index in [2.05, 4.69) is 10.6 Å². The van der Waals surface area contributed by atoms with Crippen LogP contribution < -0.4 is 10.6 Å². The highest BCUT2D eigenvalue weighted by molar-refractivity contribution is 6.11. The first-order valence-corrected chi connectivity index (χ1v) is 11.5. The molecule has 0 bridgehead atoms. The molecule has 4 aromatic rings. The van der Waals surface area contributed by atoms with Crippen LogP contribution in [0.3, 0.4) is 0 Å². The summed E-state index contributed by atoms with van der Waals surface area (Å²) in [5.41, 5.74) is 3.47. The molecule has 176 valence electrons. The predicted molar refractivity (Wildman–Crippen MR) is 142 cm³/mol. The highest BCUT2D eigenvalue weighted by Gasteiger charge is 2.20. The lowest BCUT2D eigenvalue weighted by molar-refractivity contribution is 0.104. The Morgan fingerprint density at radius 3 is 1.66 bits per heavy atom. The second-order valence-corrected chi connectivity index (χ2v) is 8.31. The normalized spacial score (nSPS) is 10.8. The van der Waals surface area contributed by atoms with Crippen LogP contribution in [0.15, 0.2) is 103 Å². The Morgan fingerprint density at radius 1 is 0.743 bits per heavy atom. The largest absolute Gasteiger partial charge is 0.383 e. The molecule has 0 aliphatic heterocycles. The summed E-state index contributed by atoms with van der Waals surface area (Å²) in [5, 5.41) is 6.77. The molecule has 6 heteroatoms. The molecule has 0 aliphatic carbocycles. The Bertz CT molecular complexity index is 1210. The van der Waals surface area contributed by atoms with Crippen LogP contribution in [0.2, 0.25) is 0 Å². The van der Waals surface area contributed by atoms with Crippen molar-refractivity contribution < 1.29 is 4.79 Å². The van der Waals surface area contributed by atoms with E-state index in [0.717, 1.165) is 16.7 Å². The van der Waals surface area contributed by atoms with Gasteiger partial charge in [0.1, 0.15) is 17.2 Å². The third kappa shape index (κ3) is 6.54. The van der Waals surface area contributed by atoms with Gasteiger partial charge in [0.25, 0.3) is 0 Å². The minimum Gasteiger partial charge on any atom is -0.383 e. The quantitative estimate of drug-likeness (QED) is 0.235. The van der Waals surface area contributed by atoms with Gasteiger partial charge < -0.3 is 15.5 Å². The molecule has 0 atom stereocenters. The number of hydrogen-bond acceptors (Lipinski definition) is 6. The van der Waals surface area contributed by atoms with Crippen molar-refractivity contribution in [1.82, 2.24) is 14.9 Å². The molecule has 35 heavy (non-hydrogen) atoms. The number of nitrogens with one attached hydrogen (secondary N) is 2. The molecule has 4 rings (SSSR count). The van der Waals surface area contributed by atoms with Crippen molar-refractivity contribution in [2.45, 2.75) is 13.1 Å². The summed E-state index contributed by atoms with van der Waals surface area (Å²) >= 11 is 0. The van der Waals surface area contributed by atoms with Crippen molar-refractivity contribution in [1.29, 1.82) is 0 Å². The van der Waals surface area contributed by atoms with Gasteiger partial charge in [0.2, 0.25) is 0 Å². The summed E-state index contributed by atoms with van der Waals surface area (Å²) in [6.07, 6.45) is 3.28. The smallest absolute Gasteiger partial charge is 0.194 e. The predicted octanol–water partition coefficient (Wildman–Crippen LogP) is 5.63. The van der Waals surface area contributed by atoms with Crippen molar-refractivity contribution in [2.75, 3.05) is 24.7 Å². The summed E-state index contributed by atoms with van der Waals surface area (Å²) in [4.78, 5) is 24.8. The number of carbonyl (C=O) groups is 1. The van der Waals surface area contributed by atoms with E-state index in [1.807, 2.05) is 110 Å². The van der Waals surface area contributed by atoms with Gasteiger partial charge in [0.15, 0.2) is 11.6 Å². The standard InChI is InChI=1S/C29H29N5O/c1-34(2)19-18-25(35)26-28(30-20-22-12-6-3-7-13-22)32-27(24-16-10-5-11-17-24)33-29(26)31-21-23-14-8-4-9-15-23/h3-19H,20-21H2,1-2H3,(H2,30,31,32,33). The Kier molecular flexibility index (Phi) is 7.86. The van der Waals surface area contributed by atoms with E-state index in [9.17, 15) is 4.79 Å². The zero-order valence-corrected chi connectivity index (χ0v) is 20.0. The van der Waals surface area contributed by atoms with Gasteiger partial charge in [-0.2, -0.15) is 0 Å². The number of allylic oxidation sites excluding steroid dienone is 1. The number of hydrogen-bond donors (Lipinski definition) is 2. The van der Waals surface area contributed by atoms with Gasteiger partial charge in [-0.1, -0.05) is 91.0 Å². The molecular weight excluding hydrogens is 434 g/mol. The third-order valence-electron chi connectivity index (χ3n) is 5.32. The molecule has 1 heterocycles. The van der Waals surface area contributed by atoms with E-state index >= 15 is 0 Å². The Balaban J connectivity index is 1.78. The molecule has 0 amide bonds. The van der Waals surface area contributed by atoms with Crippen molar-refractivity contribution in [3.63, 3.8) is 0 Å². The van der Waals surface area contributed by atoms with E-state index in [1.54, 1.807) is 12.3 Å². The number of carbonyl (C=O) groups excluding carboxylic acids is 1. The van der Waals surface area contributed by atoms with E-state index in [0.29, 0.717) is 36.1 Å². The molecule has 6 nitrogen and oxygen atoms in total. The lowest BCUT2D eigenvalue weighted by atomic mass is 10.1. The highest BCUT2D eigenvalue weighted by atomic mass is 16.1. The number of anilines is 2. The average molecular weight is 464 g/mol. The molecular formula is C29H29N5O. The van der Waals surface area contributed by atoms with Crippen LogP contribution in [0.4, 0.5) is 11.6 Å². The van der Waals surface area contributed by atoms with Gasteiger partial charge in [0, 0.05) is 45.0 Å². The number of rotatable bonds is 10. The maximum absolute atomic E-state index is 13.4. The maximum atomic E-state index is 13.4. The van der Waals surface area contributed by atoms with Crippen LogP contribution in [-0.4, -0.2) is 34.7 Å². The first kappa shape index (κ1) is 23.7. The highest BCUT2D eigenvalue weighted by Crippen LogP contribution is 2.28. The molecule has 1 aromatic heterocycles. The molecule has 0 fully saturated rings. The van der Waals surface area contributed by atoms with Crippen LogP contribution in [-0.2, 0) is 13.1 Å². The van der Waals surface area contributed by atoms with E-state index in [1.165, 1.54) is 0 Å². The lowest BCUT2D eigenvalue weighted by Crippen LogP contribution is -2.15. The van der Waals surface area contributed by atoms with Crippen molar-refractivity contribution >= 4 is 17.4 Å². The SMILES string of the molecule is CN(C)C=CC(=O)c1c(NCc2ccccc2)nc(-c2ccccc2)nc1NCc1ccccc1. The van der Waals surface area contributed by atoms with Gasteiger partial charge >= 0.3 is 0 Å². The number of benzene rings is 3. The molecule has 0 aliphatic rings. The van der Waals surface area contributed by atoms with E-state index in [-0.39, 0.29) is 5.78 Å². The number of aromatic nitrogens is 2. The zero-order chi connectivity index (χ0) is 24.5. The average Bonchev–Trinajstić information content (AvgIpc) is 2.90. The molecule has 2 N–H and O–H groups in total. The summed E-state index contributed by atoms with van der Waals surface area (Å²) in [6, 6.07) is 29.9. The van der Waals surface area contributed by atoms with E-state index < -0.39 is 0 Å². The fourth-order valence-electron chi connectivity index (χ4n) is 3.53. The third-order valence-corrected chi connectivity index (χ3v) is 5.32. The molecule has 0 saturated carbocycles. The summed E-state index contributed by atoms with van der Waals surface area (Å²) < 4.78 is 0. The summed E-state index contributed by atoms with van der Waals surface area (Å²) in [6.45, 7) is 1.06. The topological polar surface area (TPSA) is 70.2 Å². The molecule has 0 saturated heterocycles. The maximum Gasteiger partial charge on any atom is 0.194 e. The second-order valence-electron chi connectivity index (χ2n) is 8.31. The minimum absolute atomic E-state index is 0.176. The molecule has 0 unspecified atom stereocenters.